The fourth-order valence-corrected chi connectivity index (χ4v) is 5.83. The number of methoxy groups -OCH3 is 2. The molecule has 0 radical (unpaired) electrons. The molecule has 0 aliphatic carbocycles. The fraction of sp³-hybridized carbons (Fsp3) is 0.400. The minimum atomic E-state index is -0.0903. The summed E-state index contributed by atoms with van der Waals surface area (Å²) in [6.07, 6.45) is 2.73. The third-order valence-corrected chi connectivity index (χ3v) is 8.10. The van der Waals surface area contributed by atoms with Gasteiger partial charge in [-0.15, -0.1) is 0 Å². The predicted octanol–water partition coefficient (Wildman–Crippen LogP) is 5.26. The lowest BCUT2D eigenvalue weighted by molar-refractivity contribution is 0.0590. The molecule has 2 saturated heterocycles. The van der Waals surface area contributed by atoms with Gasteiger partial charge in [0.2, 0.25) is 0 Å². The molecule has 0 bridgehead atoms. The highest BCUT2D eigenvalue weighted by atomic mass is 16.5. The van der Waals surface area contributed by atoms with Gasteiger partial charge in [-0.1, -0.05) is 42.5 Å². The number of likely N-dealkylation sites (tertiary alicyclic amines) is 2. The van der Waals surface area contributed by atoms with Crippen LogP contribution in [-0.2, 0) is 0 Å². The maximum absolute atomic E-state index is 13.3. The summed E-state index contributed by atoms with van der Waals surface area (Å²) in [5.74, 6) is 1.14. The number of amides is 3. The molecule has 3 aromatic rings. The van der Waals surface area contributed by atoms with Crippen LogP contribution in [0.25, 0.3) is 10.8 Å². The third-order valence-electron chi connectivity index (χ3n) is 8.10. The SMILES string of the molecule is COc1ccc(OC)c(C(=O)N2CCC3(CCN(C(=O)NC(C)c4cccc5ccccc45)C3)CC2)c1. The van der Waals surface area contributed by atoms with Crippen LogP contribution >= 0.6 is 0 Å². The molecular weight excluding hydrogens is 466 g/mol. The number of ether oxygens (including phenoxy) is 2. The van der Waals surface area contributed by atoms with E-state index in [2.05, 4.69) is 29.6 Å². The van der Waals surface area contributed by atoms with E-state index in [9.17, 15) is 9.59 Å². The fourth-order valence-electron chi connectivity index (χ4n) is 5.83. The van der Waals surface area contributed by atoms with Gasteiger partial charge in [-0.05, 0) is 66.1 Å². The number of urea groups is 1. The number of carbonyl (C=O) groups is 2. The standard InChI is InChI=1S/C30H35N3O4/c1-21(24-10-6-8-22-7-4-5-9-25(22)24)31-29(35)33-18-15-30(20-33)13-16-32(17-14-30)28(34)26-19-23(36-2)11-12-27(26)37-3/h4-12,19,21H,13-18,20H2,1-3H3,(H,31,35). The Bertz CT molecular complexity index is 1290. The van der Waals surface area contributed by atoms with Gasteiger partial charge < -0.3 is 24.6 Å². The second-order valence-electron chi connectivity index (χ2n) is 10.3. The highest BCUT2D eigenvalue weighted by molar-refractivity contribution is 5.97. The van der Waals surface area contributed by atoms with Crippen LogP contribution in [0.3, 0.4) is 0 Å². The molecule has 194 valence electrons. The van der Waals surface area contributed by atoms with Crippen molar-refractivity contribution in [1.82, 2.24) is 15.1 Å². The third kappa shape index (κ3) is 4.95. The molecule has 3 aromatic carbocycles. The van der Waals surface area contributed by atoms with Crippen molar-refractivity contribution >= 4 is 22.7 Å². The summed E-state index contributed by atoms with van der Waals surface area (Å²) in [7, 11) is 3.16. The van der Waals surface area contributed by atoms with E-state index in [0.717, 1.165) is 37.9 Å². The minimum absolute atomic E-state index is 0.0167. The molecule has 0 saturated carbocycles. The van der Waals surface area contributed by atoms with E-state index < -0.39 is 0 Å². The molecule has 2 fully saturated rings. The Labute approximate surface area is 218 Å². The van der Waals surface area contributed by atoms with Crippen molar-refractivity contribution in [2.24, 2.45) is 5.41 Å². The predicted molar refractivity (Wildman–Crippen MR) is 144 cm³/mol. The van der Waals surface area contributed by atoms with Crippen molar-refractivity contribution in [3.63, 3.8) is 0 Å². The summed E-state index contributed by atoms with van der Waals surface area (Å²) in [6, 6.07) is 19.7. The van der Waals surface area contributed by atoms with Crippen molar-refractivity contribution in [1.29, 1.82) is 0 Å². The quantitative estimate of drug-likeness (QED) is 0.518. The molecule has 37 heavy (non-hydrogen) atoms. The van der Waals surface area contributed by atoms with Crippen LogP contribution in [0.1, 0.15) is 48.1 Å². The van der Waals surface area contributed by atoms with Crippen molar-refractivity contribution in [2.75, 3.05) is 40.4 Å². The first kappa shape index (κ1) is 24.9. The van der Waals surface area contributed by atoms with Gasteiger partial charge in [0, 0.05) is 26.2 Å². The Morgan fingerprint density at radius 3 is 2.32 bits per heavy atom. The number of hydrogen-bond acceptors (Lipinski definition) is 4. The Morgan fingerprint density at radius 2 is 1.59 bits per heavy atom. The Morgan fingerprint density at radius 1 is 0.892 bits per heavy atom. The Hall–Kier alpha value is -3.74. The van der Waals surface area contributed by atoms with Crippen LogP contribution in [0.15, 0.2) is 60.7 Å². The monoisotopic (exact) mass is 501 g/mol. The normalized spacial score (nSPS) is 17.6. The zero-order chi connectivity index (χ0) is 26.0. The highest BCUT2D eigenvalue weighted by Crippen LogP contribution is 2.41. The lowest BCUT2D eigenvalue weighted by Crippen LogP contribution is -2.46. The summed E-state index contributed by atoms with van der Waals surface area (Å²) in [4.78, 5) is 30.3. The zero-order valence-electron chi connectivity index (χ0n) is 21.8. The van der Waals surface area contributed by atoms with Gasteiger partial charge in [0.15, 0.2) is 0 Å². The number of fused-ring (bicyclic) bond motifs is 1. The highest BCUT2D eigenvalue weighted by Gasteiger charge is 2.43. The summed E-state index contributed by atoms with van der Waals surface area (Å²) in [6.45, 7) is 4.85. The van der Waals surface area contributed by atoms with Crippen molar-refractivity contribution < 1.29 is 19.1 Å². The minimum Gasteiger partial charge on any atom is -0.497 e. The van der Waals surface area contributed by atoms with Crippen LogP contribution < -0.4 is 14.8 Å². The lowest BCUT2D eigenvalue weighted by atomic mass is 9.77. The maximum atomic E-state index is 13.3. The number of benzene rings is 3. The summed E-state index contributed by atoms with van der Waals surface area (Å²) >= 11 is 0. The molecule has 1 atom stereocenters. The first-order chi connectivity index (χ1) is 17.9. The first-order valence-electron chi connectivity index (χ1n) is 13.0. The molecule has 7 heteroatoms. The number of hydrogen-bond donors (Lipinski definition) is 1. The molecule has 2 heterocycles. The van der Waals surface area contributed by atoms with E-state index in [1.165, 1.54) is 10.8 Å². The van der Waals surface area contributed by atoms with Crippen LogP contribution in [0.5, 0.6) is 11.5 Å². The Balaban J connectivity index is 1.20. The number of nitrogens with zero attached hydrogens (tertiary/aromatic N) is 2. The van der Waals surface area contributed by atoms with E-state index in [1.54, 1.807) is 32.4 Å². The molecule has 5 rings (SSSR count). The average Bonchev–Trinajstić information content (AvgIpc) is 3.35. The van der Waals surface area contributed by atoms with Crippen molar-refractivity contribution in [3.8, 4) is 11.5 Å². The summed E-state index contributed by atoms with van der Waals surface area (Å²) in [5, 5.41) is 5.56. The van der Waals surface area contributed by atoms with Gasteiger partial charge in [-0.3, -0.25) is 4.79 Å². The van der Waals surface area contributed by atoms with Gasteiger partial charge in [0.1, 0.15) is 11.5 Å². The second-order valence-corrected chi connectivity index (χ2v) is 10.3. The summed E-state index contributed by atoms with van der Waals surface area (Å²) in [5.41, 5.74) is 1.71. The van der Waals surface area contributed by atoms with Gasteiger partial charge in [-0.2, -0.15) is 0 Å². The van der Waals surface area contributed by atoms with Gasteiger partial charge in [0.05, 0.1) is 25.8 Å². The average molecular weight is 502 g/mol. The molecule has 2 aliphatic rings. The van der Waals surface area contributed by atoms with Crippen molar-refractivity contribution in [3.05, 3.63) is 71.8 Å². The molecule has 1 spiro atoms. The molecule has 1 unspecified atom stereocenters. The van der Waals surface area contributed by atoms with Crippen LogP contribution in [0.4, 0.5) is 4.79 Å². The molecule has 7 nitrogen and oxygen atoms in total. The molecule has 2 aliphatic heterocycles. The van der Waals surface area contributed by atoms with Gasteiger partial charge in [-0.25, -0.2) is 4.79 Å². The number of nitrogens with one attached hydrogen (secondary N) is 1. The van der Waals surface area contributed by atoms with Crippen LogP contribution in [0.2, 0.25) is 0 Å². The smallest absolute Gasteiger partial charge is 0.317 e. The molecule has 0 aromatic heterocycles. The first-order valence-corrected chi connectivity index (χ1v) is 13.0. The molecule has 3 amide bonds. The number of rotatable bonds is 5. The largest absolute Gasteiger partial charge is 0.497 e. The second kappa shape index (κ2) is 10.3. The number of piperidine rings is 1. The molecular formula is C30H35N3O4. The Kier molecular flexibility index (Phi) is 6.96. The topological polar surface area (TPSA) is 71.1 Å². The van der Waals surface area contributed by atoms with E-state index in [-0.39, 0.29) is 23.4 Å². The van der Waals surface area contributed by atoms with E-state index in [0.29, 0.717) is 30.2 Å². The lowest BCUT2D eigenvalue weighted by Gasteiger charge is -2.39. The van der Waals surface area contributed by atoms with Crippen LogP contribution in [-0.4, -0.2) is 62.1 Å². The van der Waals surface area contributed by atoms with E-state index in [4.69, 9.17) is 9.47 Å². The maximum Gasteiger partial charge on any atom is 0.317 e. The van der Waals surface area contributed by atoms with E-state index in [1.807, 2.05) is 34.9 Å². The van der Waals surface area contributed by atoms with Crippen molar-refractivity contribution in [2.45, 2.75) is 32.2 Å². The molecule has 1 N–H and O–H groups in total. The van der Waals surface area contributed by atoms with Crippen LogP contribution in [0, 0.1) is 5.41 Å². The van der Waals surface area contributed by atoms with Gasteiger partial charge >= 0.3 is 6.03 Å². The number of carbonyl (C=O) groups excluding carboxylic acids is 2. The summed E-state index contributed by atoms with van der Waals surface area (Å²) < 4.78 is 10.7. The zero-order valence-corrected chi connectivity index (χ0v) is 21.8. The van der Waals surface area contributed by atoms with E-state index >= 15 is 0 Å². The van der Waals surface area contributed by atoms with Gasteiger partial charge in [0.25, 0.3) is 5.91 Å².